The Balaban J connectivity index is 1.54. The highest BCUT2D eigenvalue weighted by molar-refractivity contribution is 5.92. The summed E-state index contributed by atoms with van der Waals surface area (Å²) in [5, 5.41) is 0. The van der Waals surface area contributed by atoms with Crippen LogP contribution in [-0.2, 0) is 0 Å². The van der Waals surface area contributed by atoms with Crippen LogP contribution in [0.3, 0.4) is 0 Å². The normalized spacial score (nSPS) is 15.7. The van der Waals surface area contributed by atoms with Gasteiger partial charge in [-0.25, -0.2) is 9.97 Å². The van der Waals surface area contributed by atoms with Crippen molar-refractivity contribution in [2.45, 2.75) is 18.9 Å². The molecule has 1 fully saturated rings. The summed E-state index contributed by atoms with van der Waals surface area (Å²) in [4.78, 5) is 26.2. The van der Waals surface area contributed by atoms with Crippen molar-refractivity contribution in [3.05, 3.63) is 48.7 Å². The van der Waals surface area contributed by atoms with E-state index < -0.39 is 0 Å². The molecule has 0 unspecified atom stereocenters. The first-order valence-electron chi connectivity index (χ1n) is 6.96. The number of aromatic nitrogens is 3. The predicted octanol–water partition coefficient (Wildman–Crippen LogP) is 1.56. The van der Waals surface area contributed by atoms with Gasteiger partial charge in [-0.05, 0) is 6.07 Å². The van der Waals surface area contributed by atoms with E-state index in [1.807, 2.05) is 18.2 Å². The number of nitrogens with zero attached hydrogens (tertiary/aromatic N) is 4. The first-order chi connectivity index (χ1) is 10.3. The number of likely N-dealkylation sites (tertiary alicyclic amines) is 1. The van der Waals surface area contributed by atoms with E-state index in [2.05, 4.69) is 15.0 Å². The summed E-state index contributed by atoms with van der Waals surface area (Å²) in [6, 6.07) is 5.60. The van der Waals surface area contributed by atoms with Crippen molar-refractivity contribution in [1.29, 1.82) is 0 Å². The number of carbonyl (C=O) groups is 1. The van der Waals surface area contributed by atoms with Crippen LogP contribution in [0, 0.1) is 0 Å². The van der Waals surface area contributed by atoms with Crippen LogP contribution in [0.2, 0.25) is 0 Å². The summed E-state index contributed by atoms with van der Waals surface area (Å²) in [5.41, 5.74) is 0.390. The lowest BCUT2D eigenvalue weighted by Gasteiger charge is -2.31. The molecular formula is C15H16N4O2. The smallest absolute Gasteiger partial charge is 0.274 e. The minimum Gasteiger partial charge on any atom is -0.474 e. The van der Waals surface area contributed by atoms with E-state index in [4.69, 9.17) is 4.74 Å². The maximum Gasteiger partial charge on any atom is 0.274 e. The van der Waals surface area contributed by atoms with Crippen LogP contribution in [-0.4, -0.2) is 45.0 Å². The second-order valence-corrected chi connectivity index (χ2v) is 4.87. The second-order valence-electron chi connectivity index (χ2n) is 4.87. The molecule has 108 valence electrons. The number of amides is 1. The molecule has 0 saturated carbocycles. The van der Waals surface area contributed by atoms with E-state index in [1.54, 1.807) is 17.3 Å². The number of hydrogen-bond acceptors (Lipinski definition) is 5. The number of hydrogen-bond donors (Lipinski definition) is 0. The maximum absolute atomic E-state index is 12.2. The first kappa shape index (κ1) is 13.5. The molecule has 0 aromatic carbocycles. The second kappa shape index (κ2) is 6.30. The standard InChI is InChI=1S/C15H16N4O2/c20-15(13-11-16-7-8-17-13)19-9-4-12(5-10-19)21-14-3-1-2-6-18-14/h1-3,6-8,11-12H,4-5,9-10H2. The van der Waals surface area contributed by atoms with Gasteiger partial charge in [-0.1, -0.05) is 6.07 Å². The fourth-order valence-electron chi connectivity index (χ4n) is 2.34. The van der Waals surface area contributed by atoms with Crippen LogP contribution in [0.15, 0.2) is 43.0 Å². The van der Waals surface area contributed by atoms with E-state index in [0.29, 0.717) is 24.7 Å². The minimum atomic E-state index is -0.0700. The van der Waals surface area contributed by atoms with Gasteiger partial charge in [-0.2, -0.15) is 0 Å². The third-order valence-corrected chi connectivity index (χ3v) is 3.44. The first-order valence-corrected chi connectivity index (χ1v) is 6.96. The van der Waals surface area contributed by atoms with Gasteiger partial charge in [-0.3, -0.25) is 9.78 Å². The van der Waals surface area contributed by atoms with Crippen molar-refractivity contribution in [2.24, 2.45) is 0 Å². The number of rotatable bonds is 3. The minimum absolute atomic E-state index is 0.0700. The van der Waals surface area contributed by atoms with Gasteiger partial charge in [0.15, 0.2) is 0 Å². The van der Waals surface area contributed by atoms with E-state index in [0.717, 1.165) is 12.8 Å². The number of piperidine rings is 1. The van der Waals surface area contributed by atoms with Gasteiger partial charge in [0.1, 0.15) is 11.8 Å². The number of pyridine rings is 1. The molecule has 1 saturated heterocycles. The van der Waals surface area contributed by atoms with Crippen molar-refractivity contribution in [2.75, 3.05) is 13.1 Å². The van der Waals surface area contributed by atoms with Crippen molar-refractivity contribution < 1.29 is 9.53 Å². The fourth-order valence-corrected chi connectivity index (χ4v) is 2.34. The van der Waals surface area contributed by atoms with E-state index in [1.165, 1.54) is 12.4 Å². The molecule has 3 rings (SSSR count). The van der Waals surface area contributed by atoms with Gasteiger partial charge in [0.25, 0.3) is 5.91 Å². The Hall–Kier alpha value is -2.50. The molecule has 0 aliphatic carbocycles. The zero-order valence-electron chi connectivity index (χ0n) is 11.6. The molecule has 2 aromatic heterocycles. The lowest BCUT2D eigenvalue weighted by Crippen LogP contribution is -2.42. The summed E-state index contributed by atoms with van der Waals surface area (Å²) in [5.74, 6) is 0.565. The van der Waals surface area contributed by atoms with Crippen LogP contribution in [0.1, 0.15) is 23.3 Å². The van der Waals surface area contributed by atoms with E-state index >= 15 is 0 Å². The van der Waals surface area contributed by atoms with Crippen LogP contribution in [0.4, 0.5) is 0 Å². The highest BCUT2D eigenvalue weighted by Gasteiger charge is 2.25. The molecule has 0 bridgehead atoms. The lowest BCUT2D eigenvalue weighted by atomic mass is 10.1. The van der Waals surface area contributed by atoms with Gasteiger partial charge >= 0.3 is 0 Å². The molecule has 0 spiro atoms. The Morgan fingerprint density at radius 3 is 2.67 bits per heavy atom. The Morgan fingerprint density at radius 2 is 2.00 bits per heavy atom. The van der Waals surface area contributed by atoms with Crippen LogP contribution < -0.4 is 4.74 Å². The van der Waals surface area contributed by atoms with Gasteiger partial charge in [0, 0.05) is 50.6 Å². The summed E-state index contributed by atoms with van der Waals surface area (Å²) < 4.78 is 5.81. The average molecular weight is 284 g/mol. The SMILES string of the molecule is O=C(c1cnccn1)N1CCC(Oc2ccccn2)CC1. The van der Waals surface area contributed by atoms with Crippen molar-refractivity contribution in [3.8, 4) is 5.88 Å². The molecule has 1 aliphatic rings. The summed E-state index contributed by atoms with van der Waals surface area (Å²) in [6.07, 6.45) is 7.99. The molecule has 21 heavy (non-hydrogen) atoms. The largest absolute Gasteiger partial charge is 0.474 e. The molecule has 2 aromatic rings. The van der Waals surface area contributed by atoms with Crippen molar-refractivity contribution in [1.82, 2.24) is 19.9 Å². The van der Waals surface area contributed by atoms with E-state index in [-0.39, 0.29) is 12.0 Å². The molecular weight excluding hydrogens is 268 g/mol. The van der Waals surface area contributed by atoms with Gasteiger partial charge < -0.3 is 9.64 Å². The molecule has 1 aliphatic heterocycles. The molecule has 1 amide bonds. The van der Waals surface area contributed by atoms with Crippen LogP contribution >= 0.6 is 0 Å². The number of ether oxygens (including phenoxy) is 1. The zero-order chi connectivity index (χ0) is 14.5. The van der Waals surface area contributed by atoms with Crippen molar-refractivity contribution in [3.63, 3.8) is 0 Å². The Bertz CT molecular complexity index is 583. The Kier molecular flexibility index (Phi) is 4.04. The predicted molar refractivity (Wildman–Crippen MR) is 75.8 cm³/mol. The van der Waals surface area contributed by atoms with E-state index in [9.17, 15) is 4.79 Å². The third kappa shape index (κ3) is 3.34. The summed E-state index contributed by atoms with van der Waals surface area (Å²) >= 11 is 0. The molecule has 0 atom stereocenters. The summed E-state index contributed by atoms with van der Waals surface area (Å²) in [6.45, 7) is 1.32. The highest BCUT2D eigenvalue weighted by Crippen LogP contribution is 2.17. The van der Waals surface area contributed by atoms with Gasteiger partial charge in [0.05, 0.1) is 6.20 Å². The Labute approximate surface area is 122 Å². The fraction of sp³-hybridized carbons (Fsp3) is 0.333. The van der Waals surface area contributed by atoms with Crippen LogP contribution in [0.25, 0.3) is 0 Å². The monoisotopic (exact) mass is 284 g/mol. The molecule has 3 heterocycles. The van der Waals surface area contributed by atoms with Crippen molar-refractivity contribution >= 4 is 5.91 Å². The molecule has 0 N–H and O–H groups in total. The summed E-state index contributed by atoms with van der Waals surface area (Å²) in [7, 11) is 0. The average Bonchev–Trinajstić information content (AvgIpc) is 2.57. The van der Waals surface area contributed by atoms with Crippen LogP contribution in [0.5, 0.6) is 5.88 Å². The molecule has 6 nitrogen and oxygen atoms in total. The van der Waals surface area contributed by atoms with Gasteiger partial charge in [-0.15, -0.1) is 0 Å². The molecule has 0 radical (unpaired) electrons. The lowest BCUT2D eigenvalue weighted by molar-refractivity contribution is 0.0582. The highest BCUT2D eigenvalue weighted by atomic mass is 16.5. The maximum atomic E-state index is 12.2. The Morgan fingerprint density at radius 1 is 1.14 bits per heavy atom. The zero-order valence-corrected chi connectivity index (χ0v) is 11.6. The van der Waals surface area contributed by atoms with Gasteiger partial charge in [0.2, 0.25) is 5.88 Å². The molecule has 6 heteroatoms. The number of carbonyl (C=O) groups excluding carboxylic acids is 1. The topological polar surface area (TPSA) is 68.2 Å². The third-order valence-electron chi connectivity index (χ3n) is 3.44. The quantitative estimate of drug-likeness (QED) is 0.855.